The number of hydrogen-bond acceptors (Lipinski definition) is 3. The smallest absolute Gasteiger partial charge is 0.272 e. The van der Waals surface area contributed by atoms with Crippen molar-refractivity contribution in [3.8, 4) is 0 Å². The van der Waals surface area contributed by atoms with E-state index in [4.69, 9.17) is 0 Å². The third kappa shape index (κ3) is 3.87. The maximum absolute atomic E-state index is 12.8. The predicted octanol–water partition coefficient (Wildman–Crippen LogP) is 2.69. The number of nitrogens with zero attached hydrogens (tertiary/aromatic N) is 3. The summed E-state index contributed by atoms with van der Waals surface area (Å²) in [6.07, 6.45) is 2.40. The van der Waals surface area contributed by atoms with Gasteiger partial charge >= 0.3 is 0 Å². The van der Waals surface area contributed by atoms with Crippen LogP contribution in [0.15, 0.2) is 42.6 Å². The van der Waals surface area contributed by atoms with E-state index in [2.05, 4.69) is 4.98 Å². The number of amides is 2. The van der Waals surface area contributed by atoms with Crippen LogP contribution in [0.4, 0.5) is 0 Å². The van der Waals surface area contributed by atoms with Crippen molar-refractivity contribution >= 4 is 11.8 Å². The van der Waals surface area contributed by atoms with Crippen LogP contribution in [-0.4, -0.2) is 52.8 Å². The number of aromatic nitrogens is 1. The molecule has 0 spiro atoms. The van der Waals surface area contributed by atoms with Crippen molar-refractivity contribution in [3.63, 3.8) is 0 Å². The van der Waals surface area contributed by atoms with Crippen molar-refractivity contribution in [2.45, 2.75) is 20.3 Å². The highest BCUT2D eigenvalue weighted by atomic mass is 16.2. The van der Waals surface area contributed by atoms with Gasteiger partial charge in [-0.2, -0.15) is 0 Å². The quantitative estimate of drug-likeness (QED) is 0.847. The second-order valence-electron chi connectivity index (χ2n) is 6.47. The predicted molar refractivity (Wildman–Crippen MR) is 96.6 cm³/mol. The summed E-state index contributed by atoms with van der Waals surface area (Å²) in [7, 11) is 0. The number of hydrogen-bond donors (Lipinski definition) is 0. The van der Waals surface area contributed by atoms with Gasteiger partial charge in [0.05, 0.1) is 0 Å². The molecule has 3 rings (SSSR count). The topological polar surface area (TPSA) is 53.5 Å². The number of aryl methyl sites for hydroxylation is 2. The lowest BCUT2D eigenvalue weighted by Gasteiger charge is -2.22. The first kappa shape index (κ1) is 17.1. The molecule has 0 aliphatic carbocycles. The molecule has 0 saturated carbocycles. The molecule has 1 aromatic carbocycles. The van der Waals surface area contributed by atoms with Gasteiger partial charge in [-0.3, -0.25) is 14.6 Å². The molecule has 130 valence electrons. The van der Waals surface area contributed by atoms with Gasteiger partial charge in [-0.05, 0) is 44.0 Å². The number of rotatable bonds is 2. The molecule has 0 radical (unpaired) electrons. The zero-order valence-electron chi connectivity index (χ0n) is 14.7. The monoisotopic (exact) mass is 337 g/mol. The molecule has 1 saturated heterocycles. The Hall–Kier alpha value is -2.69. The van der Waals surface area contributed by atoms with Gasteiger partial charge in [-0.15, -0.1) is 0 Å². The Labute approximate surface area is 148 Å². The second-order valence-corrected chi connectivity index (χ2v) is 6.47. The Morgan fingerprint density at radius 2 is 1.64 bits per heavy atom. The normalized spacial score (nSPS) is 15.0. The minimum Gasteiger partial charge on any atom is -0.337 e. The molecule has 1 fully saturated rings. The van der Waals surface area contributed by atoms with Gasteiger partial charge in [0.25, 0.3) is 11.8 Å². The lowest BCUT2D eigenvalue weighted by atomic mass is 10.0. The molecular formula is C20H23N3O2. The highest BCUT2D eigenvalue weighted by Crippen LogP contribution is 2.15. The van der Waals surface area contributed by atoms with E-state index >= 15 is 0 Å². The van der Waals surface area contributed by atoms with Crippen LogP contribution in [-0.2, 0) is 0 Å². The van der Waals surface area contributed by atoms with Crippen LogP contribution in [0.1, 0.15) is 38.4 Å². The third-order valence-corrected chi connectivity index (χ3v) is 4.57. The van der Waals surface area contributed by atoms with Crippen molar-refractivity contribution in [2.24, 2.45) is 0 Å². The fraction of sp³-hybridized carbons (Fsp3) is 0.350. The van der Waals surface area contributed by atoms with E-state index in [1.165, 1.54) is 0 Å². The molecule has 1 aliphatic heterocycles. The van der Waals surface area contributed by atoms with Gasteiger partial charge < -0.3 is 9.80 Å². The van der Waals surface area contributed by atoms with E-state index in [-0.39, 0.29) is 11.8 Å². The Morgan fingerprint density at radius 3 is 2.28 bits per heavy atom. The third-order valence-electron chi connectivity index (χ3n) is 4.57. The van der Waals surface area contributed by atoms with Gasteiger partial charge in [0.15, 0.2) is 0 Å². The lowest BCUT2D eigenvalue weighted by Crippen LogP contribution is -2.37. The minimum absolute atomic E-state index is 0.0460. The highest BCUT2D eigenvalue weighted by Gasteiger charge is 2.24. The first-order valence-electron chi connectivity index (χ1n) is 8.63. The van der Waals surface area contributed by atoms with Crippen LogP contribution < -0.4 is 0 Å². The molecule has 5 nitrogen and oxygen atoms in total. The molecule has 1 aromatic heterocycles. The van der Waals surface area contributed by atoms with E-state index in [0.29, 0.717) is 31.9 Å². The molecule has 2 aromatic rings. The van der Waals surface area contributed by atoms with E-state index in [0.717, 1.165) is 23.1 Å². The zero-order chi connectivity index (χ0) is 17.8. The van der Waals surface area contributed by atoms with Gasteiger partial charge in [0.1, 0.15) is 5.69 Å². The van der Waals surface area contributed by atoms with Crippen LogP contribution in [0.3, 0.4) is 0 Å². The zero-order valence-corrected chi connectivity index (χ0v) is 14.7. The van der Waals surface area contributed by atoms with Crippen molar-refractivity contribution in [1.29, 1.82) is 0 Å². The number of carbonyl (C=O) groups is 2. The van der Waals surface area contributed by atoms with Crippen LogP contribution in [0.25, 0.3) is 0 Å². The van der Waals surface area contributed by atoms with Crippen molar-refractivity contribution in [1.82, 2.24) is 14.8 Å². The van der Waals surface area contributed by atoms with Crippen LogP contribution in [0.2, 0.25) is 0 Å². The Balaban J connectivity index is 1.69. The molecule has 2 amide bonds. The molecule has 0 N–H and O–H groups in total. The summed E-state index contributed by atoms with van der Waals surface area (Å²) < 4.78 is 0. The Bertz CT molecular complexity index is 774. The van der Waals surface area contributed by atoms with Crippen molar-refractivity contribution < 1.29 is 9.59 Å². The highest BCUT2D eigenvalue weighted by molar-refractivity contribution is 5.96. The number of pyridine rings is 1. The number of carbonyl (C=O) groups excluding carboxylic acids is 2. The molecule has 0 atom stereocenters. The summed E-state index contributed by atoms with van der Waals surface area (Å²) in [5, 5.41) is 0. The summed E-state index contributed by atoms with van der Waals surface area (Å²) in [4.78, 5) is 33.2. The number of benzene rings is 1. The maximum atomic E-state index is 12.8. The SMILES string of the molecule is Cc1ccc(C(=O)N2CCCN(C(=O)c3ccccn3)CC2)c(C)c1. The fourth-order valence-electron chi connectivity index (χ4n) is 3.20. The van der Waals surface area contributed by atoms with E-state index in [9.17, 15) is 9.59 Å². The minimum atomic E-state index is -0.0681. The summed E-state index contributed by atoms with van der Waals surface area (Å²) in [5.41, 5.74) is 3.35. The standard InChI is InChI=1S/C20H23N3O2/c1-15-7-8-17(16(2)14-15)19(24)22-10-5-11-23(13-12-22)20(25)18-6-3-4-9-21-18/h3-4,6-9,14H,5,10-13H2,1-2H3. The lowest BCUT2D eigenvalue weighted by molar-refractivity contribution is 0.0715. The first-order chi connectivity index (χ1) is 12.1. The van der Waals surface area contributed by atoms with Gasteiger partial charge in [-0.25, -0.2) is 0 Å². The van der Waals surface area contributed by atoms with Gasteiger partial charge in [-0.1, -0.05) is 23.8 Å². The van der Waals surface area contributed by atoms with Crippen LogP contribution in [0, 0.1) is 13.8 Å². The molecule has 1 aliphatic rings. The van der Waals surface area contributed by atoms with Gasteiger partial charge in [0, 0.05) is 37.9 Å². The van der Waals surface area contributed by atoms with E-state index in [1.807, 2.05) is 43.0 Å². The molecular weight excluding hydrogens is 314 g/mol. The van der Waals surface area contributed by atoms with Crippen molar-refractivity contribution in [3.05, 3.63) is 65.0 Å². The van der Waals surface area contributed by atoms with E-state index < -0.39 is 0 Å². The fourth-order valence-corrected chi connectivity index (χ4v) is 3.20. The van der Waals surface area contributed by atoms with Crippen LogP contribution in [0.5, 0.6) is 0 Å². The summed E-state index contributed by atoms with van der Waals surface area (Å²) in [6, 6.07) is 11.2. The van der Waals surface area contributed by atoms with E-state index in [1.54, 1.807) is 23.2 Å². The van der Waals surface area contributed by atoms with Crippen LogP contribution >= 0.6 is 0 Å². The summed E-state index contributed by atoms with van der Waals surface area (Å²) in [6.45, 7) is 6.38. The molecule has 2 heterocycles. The second kappa shape index (κ2) is 7.47. The average Bonchev–Trinajstić information content (AvgIpc) is 2.87. The molecule has 5 heteroatoms. The van der Waals surface area contributed by atoms with Gasteiger partial charge in [0.2, 0.25) is 0 Å². The molecule has 0 unspecified atom stereocenters. The summed E-state index contributed by atoms with van der Waals surface area (Å²) >= 11 is 0. The molecule has 0 bridgehead atoms. The summed E-state index contributed by atoms with van der Waals surface area (Å²) in [5.74, 6) is -0.0222. The Morgan fingerprint density at radius 1 is 0.920 bits per heavy atom. The molecule has 25 heavy (non-hydrogen) atoms. The Kier molecular flexibility index (Phi) is 5.12. The maximum Gasteiger partial charge on any atom is 0.272 e. The van der Waals surface area contributed by atoms with Crippen molar-refractivity contribution in [2.75, 3.05) is 26.2 Å². The first-order valence-corrected chi connectivity index (χ1v) is 8.63. The largest absolute Gasteiger partial charge is 0.337 e. The average molecular weight is 337 g/mol.